The predicted molar refractivity (Wildman–Crippen MR) is 99.5 cm³/mol. The van der Waals surface area contributed by atoms with E-state index in [0.29, 0.717) is 34.8 Å². The monoisotopic (exact) mass is 375 g/mol. The highest BCUT2D eigenvalue weighted by Gasteiger charge is 2.12. The van der Waals surface area contributed by atoms with Crippen LogP contribution in [-0.2, 0) is 4.79 Å². The molecule has 0 bridgehead atoms. The Labute approximate surface area is 155 Å². The molecule has 0 aliphatic rings. The molecule has 0 aliphatic heterocycles. The molecule has 0 atom stereocenters. The molecule has 0 radical (unpaired) electrons. The number of nitrogens with zero attached hydrogens (tertiary/aromatic N) is 1. The minimum atomic E-state index is -0.489. The number of hydrogen-bond acceptors (Lipinski definition) is 4. The van der Waals surface area contributed by atoms with E-state index in [2.05, 4.69) is 10.6 Å². The lowest BCUT2D eigenvalue weighted by Gasteiger charge is -2.07. The van der Waals surface area contributed by atoms with Gasteiger partial charge in [-0.3, -0.25) is 19.7 Å². The van der Waals surface area contributed by atoms with Gasteiger partial charge in [-0.1, -0.05) is 17.7 Å². The number of carbonyl (C=O) groups is 2. The molecule has 2 rings (SSSR count). The highest BCUT2D eigenvalue weighted by molar-refractivity contribution is 6.30. The fourth-order valence-corrected chi connectivity index (χ4v) is 2.39. The quantitative estimate of drug-likeness (QED) is 0.437. The largest absolute Gasteiger partial charge is 0.352 e. The Hall–Kier alpha value is -2.93. The van der Waals surface area contributed by atoms with Crippen molar-refractivity contribution >= 4 is 34.8 Å². The molecule has 0 unspecified atom stereocenters. The van der Waals surface area contributed by atoms with Crippen LogP contribution in [0.3, 0.4) is 0 Å². The first kappa shape index (κ1) is 19.4. The first-order chi connectivity index (χ1) is 12.4. The number of nitro groups is 1. The van der Waals surface area contributed by atoms with E-state index < -0.39 is 4.92 Å². The molecule has 2 N–H and O–H groups in total. The van der Waals surface area contributed by atoms with Crippen LogP contribution in [-0.4, -0.2) is 23.3 Å². The number of halogens is 1. The summed E-state index contributed by atoms with van der Waals surface area (Å²) in [6.45, 7) is 1.97. The Morgan fingerprint density at radius 3 is 2.50 bits per heavy atom. The minimum absolute atomic E-state index is 0.0435. The van der Waals surface area contributed by atoms with Crippen molar-refractivity contribution in [3.05, 3.63) is 68.7 Å². The summed E-state index contributed by atoms with van der Waals surface area (Å²) in [6, 6.07) is 11.0. The Kier molecular flexibility index (Phi) is 6.68. The van der Waals surface area contributed by atoms with Gasteiger partial charge >= 0.3 is 0 Å². The Morgan fingerprint density at radius 2 is 1.85 bits per heavy atom. The van der Waals surface area contributed by atoms with E-state index in [4.69, 9.17) is 11.6 Å². The standard InChI is InChI=1S/C18H18ClN3O4/c1-12-4-9-15(11-16(12)22(25)26)21-17(23)3-2-10-20-18(24)13-5-7-14(19)8-6-13/h4-9,11H,2-3,10H2,1H3,(H,20,24)(H,21,23). The summed E-state index contributed by atoms with van der Waals surface area (Å²) in [5.74, 6) is -0.514. The van der Waals surface area contributed by atoms with Crippen molar-refractivity contribution in [2.75, 3.05) is 11.9 Å². The molecule has 136 valence electrons. The van der Waals surface area contributed by atoms with Crippen LogP contribution in [0.2, 0.25) is 5.02 Å². The summed E-state index contributed by atoms with van der Waals surface area (Å²) in [5, 5.41) is 16.8. The lowest BCUT2D eigenvalue weighted by atomic mass is 10.2. The maximum atomic E-state index is 11.9. The number of anilines is 1. The predicted octanol–water partition coefficient (Wildman–Crippen LogP) is 3.71. The molecule has 0 saturated carbocycles. The lowest BCUT2D eigenvalue weighted by Crippen LogP contribution is -2.25. The second-order valence-corrected chi connectivity index (χ2v) is 6.11. The van der Waals surface area contributed by atoms with Crippen LogP contribution in [0.4, 0.5) is 11.4 Å². The van der Waals surface area contributed by atoms with Crippen molar-refractivity contribution in [3.63, 3.8) is 0 Å². The molecule has 2 amide bonds. The number of aryl methyl sites for hydroxylation is 1. The van der Waals surface area contributed by atoms with Crippen LogP contribution < -0.4 is 10.6 Å². The number of nitrogens with one attached hydrogen (secondary N) is 2. The van der Waals surface area contributed by atoms with Gasteiger partial charge in [0.25, 0.3) is 11.6 Å². The molecule has 8 heteroatoms. The number of nitro benzene ring substituents is 1. The van der Waals surface area contributed by atoms with Crippen LogP contribution >= 0.6 is 11.6 Å². The van der Waals surface area contributed by atoms with E-state index in [1.54, 1.807) is 43.3 Å². The maximum Gasteiger partial charge on any atom is 0.274 e. The van der Waals surface area contributed by atoms with Gasteiger partial charge in [-0.05, 0) is 43.7 Å². The van der Waals surface area contributed by atoms with Gasteiger partial charge in [0.15, 0.2) is 0 Å². The average molecular weight is 376 g/mol. The third-order valence-corrected chi connectivity index (χ3v) is 3.91. The van der Waals surface area contributed by atoms with E-state index in [0.717, 1.165) is 0 Å². The Balaban J connectivity index is 1.77. The third-order valence-electron chi connectivity index (χ3n) is 3.66. The summed E-state index contributed by atoms with van der Waals surface area (Å²) in [7, 11) is 0. The van der Waals surface area contributed by atoms with Gasteiger partial charge in [-0.2, -0.15) is 0 Å². The summed E-state index contributed by atoms with van der Waals surface area (Å²) < 4.78 is 0. The summed E-state index contributed by atoms with van der Waals surface area (Å²) >= 11 is 5.77. The molecule has 0 aromatic heterocycles. The smallest absolute Gasteiger partial charge is 0.274 e. The van der Waals surface area contributed by atoms with Crippen molar-refractivity contribution in [2.45, 2.75) is 19.8 Å². The second kappa shape index (κ2) is 8.96. The lowest BCUT2D eigenvalue weighted by molar-refractivity contribution is -0.385. The minimum Gasteiger partial charge on any atom is -0.352 e. The zero-order valence-electron chi connectivity index (χ0n) is 14.1. The summed E-state index contributed by atoms with van der Waals surface area (Å²) in [6.07, 6.45) is 0.627. The number of carbonyl (C=O) groups excluding carboxylic acids is 2. The van der Waals surface area contributed by atoms with Crippen LogP contribution in [0.15, 0.2) is 42.5 Å². The number of benzene rings is 2. The summed E-state index contributed by atoms with van der Waals surface area (Å²) in [4.78, 5) is 34.3. The topological polar surface area (TPSA) is 101 Å². The van der Waals surface area contributed by atoms with Crippen LogP contribution in [0.25, 0.3) is 0 Å². The molecule has 0 fully saturated rings. The van der Waals surface area contributed by atoms with Gasteiger partial charge in [-0.15, -0.1) is 0 Å². The van der Waals surface area contributed by atoms with Gasteiger partial charge in [0.2, 0.25) is 5.91 Å². The molecule has 0 saturated heterocycles. The molecular weight excluding hydrogens is 358 g/mol. The number of amides is 2. The van der Waals surface area contributed by atoms with Gasteiger partial charge < -0.3 is 10.6 Å². The molecule has 2 aromatic rings. The van der Waals surface area contributed by atoms with E-state index in [-0.39, 0.29) is 23.9 Å². The third kappa shape index (κ3) is 5.56. The van der Waals surface area contributed by atoms with Gasteiger partial charge in [0, 0.05) is 40.9 Å². The van der Waals surface area contributed by atoms with E-state index in [1.807, 2.05) is 0 Å². The normalized spacial score (nSPS) is 10.2. The molecular formula is C18H18ClN3O4. The van der Waals surface area contributed by atoms with Crippen molar-refractivity contribution in [2.24, 2.45) is 0 Å². The zero-order valence-corrected chi connectivity index (χ0v) is 14.9. The first-order valence-electron chi connectivity index (χ1n) is 7.95. The second-order valence-electron chi connectivity index (χ2n) is 5.67. The Bertz CT molecular complexity index is 822. The van der Waals surface area contributed by atoms with Crippen molar-refractivity contribution in [1.29, 1.82) is 0 Å². The van der Waals surface area contributed by atoms with E-state index in [1.165, 1.54) is 6.07 Å². The highest BCUT2D eigenvalue weighted by Crippen LogP contribution is 2.22. The first-order valence-corrected chi connectivity index (χ1v) is 8.33. The van der Waals surface area contributed by atoms with Crippen molar-refractivity contribution < 1.29 is 14.5 Å². The molecule has 26 heavy (non-hydrogen) atoms. The van der Waals surface area contributed by atoms with Gasteiger partial charge in [0.1, 0.15) is 0 Å². The zero-order chi connectivity index (χ0) is 19.1. The molecule has 0 aliphatic carbocycles. The average Bonchev–Trinajstić information content (AvgIpc) is 2.60. The fourth-order valence-electron chi connectivity index (χ4n) is 2.26. The number of hydrogen-bond donors (Lipinski definition) is 2. The van der Waals surface area contributed by atoms with E-state index >= 15 is 0 Å². The van der Waals surface area contributed by atoms with Crippen LogP contribution in [0, 0.1) is 17.0 Å². The summed E-state index contributed by atoms with van der Waals surface area (Å²) in [5.41, 5.74) is 1.35. The highest BCUT2D eigenvalue weighted by atomic mass is 35.5. The van der Waals surface area contributed by atoms with Gasteiger partial charge in [-0.25, -0.2) is 0 Å². The molecule has 0 spiro atoms. The van der Waals surface area contributed by atoms with Gasteiger partial charge in [0.05, 0.1) is 4.92 Å². The maximum absolute atomic E-state index is 11.9. The van der Waals surface area contributed by atoms with Crippen molar-refractivity contribution in [1.82, 2.24) is 5.32 Å². The van der Waals surface area contributed by atoms with E-state index in [9.17, 15) is 19.7 Å². The molecule has 7 nitrogen and oxygen atoms in total. The molecule has 0 heterocycles. The fraction of sp³-hybridized carbons (Fsp3) is 0.222. The van der Waals surface area contributed by atoms with Crippen LogP contribution in [0.5, 0.6) is 0 Å². The molecule has 2 aromatic carbocycles. The van der Waals surface area contributed by atoms with Crippen molar-refractivity contribution in [3.8, 4) is 0 Å². The van der Waals surface area contributed by atoms with Crippen LogP contribution in [0.1, 0.15) is 28.8 Å². The SMILES string of the molecule is Cc1ccc(NC(=O)CCCNC(=O)c2ccc(Cl)cc2)cc1[N+](=O)[O-]. The Morgan fingerprint density at radius 1 is 1.15 bits per heavy atom. The number of rotatable bonds is 7.